The fraction of sp³-hybridized carbons (Fsp3) is 0.192. The summed E-state index contributed by atoms with van der Waals surface area (Å²) in [6, 6.07) is 21.5. The van der Waals surface area contributed by atoms with Crippen molar-refractivity contribution in [3.8, 4) is 11.3 Å². The summed E-state index contributed by atoms with van der Waals surface area (Å²) in [6.45, 7) is 5.62. The molecule has 0 unspecified atom stereocenters. The van der Waals surface area contributed by atoms with Gasteiger partial charge in [-0.1, -0.05) is 56.3 Å². The zero-order valence-electron chi connectivity index (χ0n) is 18.1. The highest BCUT2D eigenvalue weighted by molar-refractivity contribution is 7.09. The Labute approximate surface area is 192 Å². The van der Waals surface area contributed by atoms with E-state index in [0.717, 1.165) is 16.8 Å². The van der Waals surface area contributed by atoms with Crippen molar-refractivity contribution < 1.29 is 9.90 Å². The second-order valence-corrected chi connectivity index (χ2v) is 8.99. The van der Waals surface area contributed by atoms with Gasteiger partial charge < -0.3 is 10.0 Å². The Morgan fingerprint density at radius 3 is 2.38 bits per heavy atom. The highest BCUT2D eigenvalue weighted by Crippen LogP contribution is 2.24. The third-order valence-corrected chi connectivity index (χ3v) is 6.16. The number of benzene rings is 2. The highest BCUT2D eigenvalue weighted by Gasteiger charge is 2.14. The number of thiophene rings is 1. The first-order valence-corrected chi connectivity index (χ1v) is 11.4. The number of rotatable bonds is 8. The van der Waals surface area contributed by atoms with Gasteiger partial charge in [-0.15, -0.1) is 11.3 Å². The number of nitrogens with zero attached hydrogens (tertiary/aromatic N) is 3. The highest BCUT2D eigenvalue weighted by atomic mass is 32.1. The number of carbonyl (C=O) groups is 1. The molecule has 0 atom stereocenters. The maximum Gasteiger partial charge on any atom is 0.335 e. The van der Waals surface area contributed by atoms with Gasteiger partial charge >= 0.3 is 5.97 Å². The van der Waals surface area contributed by atoms with Crippen LogP contribution in [0.15, 0.2) is 78.3 Å². The van der Waals surface area contributed by atoms with Crippen LogP contribution in [0.5, 0.6) is 0 Å². The molecule has 4 aromatic rings. The molecule has 2 aromatic heterocycles. The smallest absolute Gasteiger partial charge is 0.335 e. The van der Waals surface area contributed by atoms with E-state index in [4.69, 9.17) is 10.1 Å². The Bertz CT molecular complexity index is 1170. The van der Waals surface area contributed by atoms with Crippen LogP contribution in [0.4, 0.5) is 5.95 Å². The minimum atomic E-state index is -0.925. The van der Waals surface area contributed by atoms with Gasteiger partial charge in [0.05, 0.1) is 17.8 Å². The molecule has 0 aliphatic carbocycles. The van der Waals surface area contributed by atoms with Gasteiger partial charge in [-0.05, 0) is 46.7 Å². The van der Waals surface area contributed by atoms with Gasteiger partial charge in [-0.25, -0.2) is 14.8 Å². The maximum atomic E-state index is 11.2. The number of hydrogen-bond donors (Lipinski definition) is 1. The number of anilines is 1. The second kappa shape index (κ2) is 9.75. The molecule has 0 aliphatic rings. The van der Waals surface area contributed by atoms with Gasteiger partial charge in [0.1, 0.15) is 0 Å². The predicted octanol–water partition coefficient (Wildman–Crippen LogP) is 6.23. The monoisotopic (exact) mass is 443 g/mol. The zero-order chi connectivity index (χ0) is 22.5. The van der Waals surface area contributed by atoms with E-state index in [-0.39, 0.29) is 5.56 Å². The van der Waals surface area contributed by atoms with Crippen LogP contribution in [-0.2, 0) is 13.1 Å². The molecule has 162 valence electrons. The molecule has 0 bridgehead atoms. The normalized spacial score (nSPS) is 11.0. The molecule has 4 rings (SSSR count). The van der Waals surface area contributed by atoms with Gasteiger partial charge in [-0.3, -0.25) is 0 Å². The fourth-order valence-electron chi connectivity index (χ4n) is 3.46. The third-order valence-electron chi connectivity index (χ3n) is 5.30. The van der Waals surface area contributed by atoms with Gasteiger partial charge in [-0.2, -0.15) is 0 Å². The van der Waals surface area contributed by atoms with Gasteiger partial charge in [0.2, 0.25) is 5.95 Å². The average Bonchev–Trinajstić information content (AvgIpc) is 3.32. The first kappa shape index (κ1) is 21.7. The molecule has 32 heavy (non-hydrogen) atoms. The predicted molar refractivity (Wildman–Crippen MR) is 129 cm³/mol. The van der Waals surface area contributed by atoms with Crippen LogP contribution >= 0.6 is 11.3 Å². The van der Waals surface area contributed by atoms with Crippen LogP contribution in [-0.4, -0.2) is 21.0 Å². The summed E-state index contributed by atoms with van der Waals surface area (Å²) in [5, 5.41) is 11.2. The van der Waals surface area contributed by atoms with Crippen LogP contribution < -0.4 is 4.90 Å². The SMILES string of the molecule is CC(C)c1ccc(-c2ccnc(N(Cc3ccc(C(=O)O)cc3)Cc3cccs3)n2)cc1. The van der Waals surface area contributed by atoms with E-state index in [1.165, 1.54) is 10.4 Å². The van der Waals surface area contributed by atoms with Gasteiger partial charge in [0, 0.05) is 23.2 Å². The van der Waals surface area contributed by atoms with Crippen LogP contribution in [0.25, 0.3) is 11.3 Å². The molecule has 0 spiro atoms. The lowest BCUT2D eigenvalue weighted by molar-refractivity contribution is 0.0697. The molecule has 2 heterocycles. The van der Waals surface area contributed by atoms with Crippen LogP contribution in [0.3, 0.4) is 0 Å². The number of aromatic nitrogens is 2. The molecular weight excluding hydrogens is 418 g/mol. The van der Waals surface area contributed by atoms with Crippen molar-refractivity contribution in [1.29, 1.82) is 0 Å². The summed E-state index contributed by atoms with van der Waals surface area (Å²) in [4.78, 5) is 23.9. The molecule has 2 aromatic carbocycles. The van der Waals surface area contributed by atoms with Crippen molar-refractivity contribution in [3.05, 3.63) is 99.9 Å². The molecule has 0 saturated heterocycles. The van der Waals surface area contributed by atoms with Crippen molar-refractivity contribution in [2.45, 2.75) is 32.9 Å². The lowest BCUT2D eigenvalue weighted by Gasteiger charge is -2.23. The molecule has 0 amide bonds. The van der Waals surface area contributed by atoms with Gasteiger partial charge in [0.15, 0.2) is 0 Å². The largest absolute Gasteiger partial charge is 0.478 e. The van der Waals surface area contributed by atoms with Crippen molar-refractivity contribution in [2.24, 2.45) is 0 Å². The number of carboxylic acids is 1. The van der Waals surface area contributed by atoms with Crippen molar-refractivity contribution in [2.75, 3.05) is 4.90 Å². The Hall–Kier alpha value is -3.51. The Balaban J connectivity index is 1.63. The lowest BCUT2D eigenvalue weighted by Crippen LogP contribution is -2.24. The molecular formula is C26H25N3O2S. The fourth-order valence-corrected chi connectivity index (χ4v) is 4.18. The van der Waals surface area contributed by atoms with Crippen LogP contribution in [0, 0.1) is 0 Å². The second-order valence-electron chi connectivity index (χ2n) is 7.96. The summed E-state index contributed by atoms with van der Waals surface area (Å²) in [5.74, 6) is 0.205. The maximum absolute atomic E-state index is 11.2. The van der Waals surface area contributed by atoms with Crippen molar-refractivity contribution in [1.82, 2.24) is 9.97 Å². The van der Waals surface area contributed by atoms with E-state index in [1.807, 2.05) is 24.3 Å². The molecule has 0 aliphatic heterocycles. The minimum absolute atomic E-state index is 0.279. The standard InChI is InChI=1S/C26H25N3O2S/c1-18(2)20-9-11-21(12-10-20)24-13-14-27-26(28-24)29(17-23-4-3-15-32-23)16-19-5-7-22(8-6-19)25(30)31/h3-15,18H,16-17H2,1-2H3,(H,30,31). The van der Waals surface area contributed by atoms with Gasteiger partial charge in [0.25, 0.3) is 0 Å². The molecule has 1 N–H and O–H groups in total. The molecule has 0 saturated carbocycles. The summed E-state index contributed by atoms with van der Waals surface area (Å²) in [7, 11) is 0. The summed E-state index contributed by atoms with van der Waals surface area (Å²) < 4.78 is 0. The minimum Gasteiger partial charge on any atom is -0.478 e. The summed E-state index contributed by atoms with van der Waals surface area (Å²) >= 11 is 1.69. The first-order chi connectivity index (χ1) is 15.5. The van der Waals surface area contributed by atoms with Crippen LogP contribution in [0.1, 0.15) is 46.1 Å². The Kier molecular flexibility index (Phi) is 6.61. The lowest BCUT2D eigenvalue weighted by atomic mass is 10.0. The summed E-state index contributed by atoms with van der Waals surface area (Å²) in [5.41, 5.74) is 4.51. The number of carboxylic acid groups (broad SMARTS) is 1. The van der Waals surface area contributed by atoms with Crippen molar-refractivity contribution >= 4 is 23.3 Å². The zero-order valence-corrected chi connectivity index (χ0v) is 18.9. The molecule has 0 fully saturated rings. The number of aromatic carboxylic acids is 1. The van der Waals surface area contributed by atoms with E-state index in [2.05, 4.69) is 59.4 Å². The summed E-state index contributed by atoms with van der Waals surface area (Å²) in [6.07, 6.45) is 1.79. The van der Waals surface area contributed by atoms with E-state index >= 15 is 0 Å². The van der Waals surface area contributed by atoms with E-state index < -0.39 is 5.97 Å². The van der Waals surface area contributed by atoms with Crippen molar-refractivity contribution in [3.63, 3.8) is 0 Å². The topological polar surface area (TPSA) is 66.3 Å². The Morgan fingerprint density at radius 2 is 1.75 bits per heavy atom. The van der Waals surface area contributed by atoms with E-state index in [0.29, 0.717) is 25.0 Å². The quantitative estimate of drug-likeness (QED) is 0.349. The number of hydrogen-bond acceptors (Lipinski definition) is 5. The molecule has 0 radical (unpaired) electrons. The molecule has 6 heteroatoms. The molecule has 5 nitrogen and oxygen atoms in total. The third kappa shape index (κ3) is 5.21. The van der Waals surface area contributed by atoms with Crippen LogP contribution in [0.2, 0.25) is 0 Å². The van der Waals surface area contributed by atoms with E-state index in [9.17, 15) is 4.79 Å². The Morgan fingerprint density at radius 1 is 1.00 bits per heavy atom. The average molecular weight is 444 g/mol. The first-order valence-electron chi connectivity index (χ1n) is 10.5. The van der Waals surface area contributed by atoms with E-state index in [1.54, 1.807) is 29.7 Å².